The second-order valence-corrected chi connectivity index (χ2v) is 22.6. The Morgan fingerprint density at radius 3 is 1.95 bits per heavy atom. The molecule has 62 heavy (non-hydrogen) atoms. The van der Waals surface area contributed by atoms with Crippen LogP contribution in [0.1, 0.15) is 235 Å². The second kappa shape index (κ2) is 25.8. The normalized spacial score (nSPS) is 35.5. The van der Waals surface area contributed by atoms with E-state index in [1.54, 1.807) is 0 Å². The number of fused-ring (bicyclic) bond motifs is 5. The van der Waals surface area contributed by atoms with E-state index in [4.69, 9.17) is 14.2 Å². The number of unbranched alkanes of at least 4 members (excludes halogenated alkanes) is 16. The number of hydrogen-bond donors (Lipinski definition) is 3. The Labute approximate surface area is 381 Å². The van der Waals surface area contributed by atoms with Crippen molar-refractivity contribution in [2.24, 2.45) is 52.3 Å². The van der Waals surface area contributed by atoms with Gasteiger partial charge in [-0.15, -0.1) is 0 Å². The molecular weight excluding hydrogens is 773 g/mol. The Kier molecular flexibility index (Phi) is 21.6. The molecular formula is C55H98O7. The summed E-state index contributed by atoms with van der Waals surface area (Å²) >= 11 is 0. The summed E-state index contributed by atoms with van der Waals surface area (Å²) in [6.45, 7) is 17.1. The van der Waals surface area contributed by atoms with Crippen molar-refractivity contribution in [3.05, 3.63) is 11.6 Å². The van der Waals surface area contributed by atoms with Crippen LogP contribution in [0, 0.1) is 52.3 Å². The highest BCUT2D eigenvalue weighted by molar-refractivity contribution is 5.69. The van der Waals surface area contributed by atoms with Crippen LogP contribution in [0.4, 0.5) is 0 Å². The minimum atomic E-state index is -1.44. The molecule has 1 saturated heterocycles. The van der Waals surface area contributed by atoms with Crippen molar-refractivity contribution in [1.82, 2.24) is 0 Å². The van der Waals surface area contributed by atoms with Crippen LogP contribution in [0.2, 0.25) is 0 Å². The SMILES string of the molecule is CCCCCCCCCCCCCCCCCCCC(=O)OCC1O[C@@H](O[C@H]2CC[C@@]3(C)C(=CC[C@H]4[C@@H]5CC[C@H]([C@H](C)CC[C@@H](CC)C(C)C)[C@@]5(C)CC[C@@H]43)C2)C(O)C(O)[C@@H]1O. The highest BCUT2D eigenvalue weighted by Gasteiger charge is 2.59. The lowest BCUT2D eigenvalue weighted by molar-refractivity contribution is -0.313. The molecule has 0 aromatic heterocycles. The molecule has 3 N–H and O–H groups in total. The van der Waals surface area contributed by atoms with Crippen molar-refractivity contribution in [3.8, 4) is 0 Å². The minimum Gasteiger partial charge on any atom is -0.463 e. The summed E-state index contributed by atoms with van der Waals surface area (Å²) < 4.78 is 18.1. The monoisotopic (exact) mass is 871 g/mol. The molecule has 5 rings (SSSR count). The predicted octanol–water partition coefficient (Wildman–Crippen LogP) is 13.4. The molecule has 4 aliphatic carbocycles. The van der Waals surface area contributed by atoms with Crippen LogP contribution >= 0.6 is 0 Å². The summed E-state index contributed by atoms with van der Waals surface area (Å²) in [5, 5.41) is 32.6. The average Bonchev–Trinajstić information content (AvgIpc) is 3.62. The van der Waals surface area contributed by atoms with Gasteiger partial charge in [0.15, 0.2) is 6.29 Å². The summed E-state index contributed by atoms with van der Waals surface area (Å²) in [4.78, 5) is 12.7. The Bertz CT molecular complexity index is 1320. The molecule has 0 spiro atoms. The van der Waals surface area contributed by atoms with Crippen molar-refractivity contribution in [1.29, 1.82) is 0 Å². The number of ether oxygens (including phenoxy) is 3. The maximum atomic E-state index is 12.7. The average molecular weight is 871 g/mol. The number of allylic oxidation sites excluding steroid dienone is 1. The fraction of sp³-hybridized carbons (Fsp3) is 0.945. The van der Waals surface area contributed by atoms with Crippen LogP contribution in [-0.4, -0.2) is 64.7 Å². The standard InChI is InChI=1S/C55H98O7/c1-8-10-11-12-13-14-15-16-17-18-19-20-21-22-23-24-25-26-49(56)60-38-48-50(57)51(58)52(59)53(62-48)61-43-33-35-54(6)42(37-43)29-30-44-46-32-31-45(55(46,7)36-34-47(44)54)40(5)27-28-41(9-2)39(3)4/h29,39-41,43-48,50-53,57-59H,8-28,30-38H2,1-7H3/t40-,41-,43+,44+,45-,46+,47+,48?,50-,51?,52?,53-,54+,55-/m1/s1. The van der Waals surface area contributed by atoms with Gasteiger partial charge in [0.1, 0.15) is 31.0 Å². The van der Waals surface area contributed by atoms with E-state index in [0.29, 0.717) is 17.8 Å². The first-order valence-corrected chi connectivity index (χ1v) is 27.0. The molecule has 0 bridgehead atoms. The number of hydrogen-bond acceptors (Lipinski definition) is 7. The topological polar surface area (TPSA) is 105 Å². The van der Waals surface area contributed by atoms with Crippen LogP contribution in [-0.2, 0) is 19.0 Å². The highest BCUT2D eigenvalue weighted by Crippen LogP contribution is 2.67. The number of rotatable bonds is 28. The first kappa shape index (κ1) is 52.0. The van der Waals surface area contributed by atoms with Gasteiger partial charge in [0, 0.05) is 6.42 Å². The van der Waals surface area contributed by atoms with Gasteiger partial charge in [0.25, 0.3) is 0 Å². The molecule has 7 nitrogen and oxygen atoms in total. The maximum absolute atomic E-state index is 12.7. The Hall–Kier alpha value is -0.990. The van der Waals surface area contributed by atoms with Gasteiger partial charge < -0.3 is 29.5 Å². The zero-order chi connectivity index (χ0) is 44.7. The van der Waals surface area contributed by atoms with Crippen molar-refractivity contribution in [3.63, 3.8) is 0 Å². The van der Waals surface area contributed by atoms with Crippen LogP contribution in [0.25, 0.3) is 0 Å². The lowest BCUT2D eigenvalue weighted by Crippen LogP contribution is -2.60. The highest BCUT2D eigenvalue weighted by atomic mass is 16.7. The molecule has 0 aromatic rings. The largest absolute Gasteiger partial charge is 0.463 e. The first-order chi connectivity index (χ1) is 29.8. The van der Waals surface area contributed by atoms with Crippen molar-refractivity contribution >= 4 is 5.97 Å². The van der Waals surface area contributed by atoms with E-state index in [2.05, 4.69) is 54.5 Å². The molecule has 0 radical (unpaired) electrons. The molecule has 0 aromatic carbocycles. The van der Waals surface area contributed by atoms with Crippen LogP contribution < -0.4 is 0 Å². The van der Waals surface area contributed by atoms with Crippen molar-refractivity contribution in [2.75, 3.05) is 6.61 Å². The summed E-state index contributed by atoms with van der Waals surface area (Å²) in [7, 11) is 0. The third-order valence-corrected chi connectivity index (χ3v) is 18.2. The molecule has 3 saturated carbocycles. The number of esters is 1. The van der Waals surface area contributed by atoms with Gasteiger partial charge in [-0.3, -0.25) is 4.79 Å². The summed E-state index contributed by atoms with van der Waals surface area (Å²) in [6.07, 6.45) is 31.9. The molecule has 3 unspecified atom stereocenters. The zero-order valence-electron chi connectivity index (χ0n) is 41.3. The minimum absolute atomic E-state index is 0.140. The van der Waals surface area contributed by atoms with E-state index in [9.17, 15) is 20.1 Å². The molecule has 4 fully saturated rings. The number of carbonyl (C=O) groups is 1. The summed E-state index contributed by atoms with van der Waals surface area (Å²) in [6, 6.07) is 0. The molecule has 360 valence electrons. The maximum Gasteiger partial charge on any atom is 0.305 e. The van der Waals surface area contributed by atoms with Crippen molar-refractivity contribution < 1.29 is 34.3 Å². The zero-order valence-corrected chi connectivity index (χ0v) is 41.3. The predicted molar refractivity (Wildman–Crippen MR) is 254 cm³/mol. The first-order valence-electron chi connectivity index (χ1n) is 27.0. The molecule has 5 aliphatic rings. The third kappa shape index (κ3) is 13.8. The quantitative estimate of drug-likeness (QED) is 0.0408. The Morgan fingerprint density at radius 1 is 0.742 bits per heavy atom. The van der Waals surface area contributed by atoms with Crippen LogP contribution in [0.3, 0.4) is 0 Å². The van der Waals surface area contributed by atoms with Gasteiger partial charge in [-0.1, -0.05) is 176 Å². The van der Waals surface area contributed by atoms with E-state index in [-0.39, 0.29) is 24.1 Å². The number of carbonyl (C=O) groups excluding carboxylic acids is 1. The van der Waals surface area contributed by atoms with Gasteiger partial charge in [0.2, 0.25) is 0 Å². The van der Waals surface area contributed by atoms with Crippen LogP contribution in [0.5, 0.6) is 0 Å². The Balaban J connectivity index is 0.985. The van der Waals surface area contributed by atoms with Gasteiger partial charge in [-0.2, -0.15) is 0 Å². The number of aliphatic hydroxyl groups is 3. The van der Waals surface area contributed by atoms with Gasteiger partial charge in [-0.25, -0.2) is 0 Å². The third-order valence-electron chi connectivity index (χ3n) is 18.2. The smallest absolute Gasteiger partial charge is 0.305 e. The van der Waals surface area contributed by atoms with Crippen molar-refractivity contribution in [2.45, 2.75) is 271 Å². The van der Waals surface area contributed by atoms with Crippen LogP contribution in [0.15, 0.2) is 11.6 Å². The summed E-state index contributed by atoms with van der Waals surface area (Å²) in [5.41, 5.74) is 2.13. The van der Waals surface area contributed by atoms with E-state index in [1.807, 2.05) is 0 Å². The fourth-order valence-electron chi connectivity index (χ4n) is 14.0. The van der Waals surface area contributed by atoms with E-state index >= 15 is 0 Å². The van der Waals surface area contributed by atoms with E-state index in [0.717, 1.165) is 80.5 Å². The molecule has 7 heteroatoms. The van der Waals surface area contributed by atoms with Gasteiger partial charge in [-0.05, 0) is 116 Å². The number of aliphatic hydroxyl groups excluding tert-OH is 3. The second-order valence-electron chi connectivity index (χ2n) is 22.6. The van der Waals surface area contributed by atoms with E-state index in [1.165, 1.54) is 140 Å². The molecule has 1 aliphatic heterocycles. The van der Waals surface area contributed by atoms with Gasteiger partial charge in [0.05, 0.1) is 6.10 Å². The lowest BCUT2D eigenvalue weighted by atomic mass is 9.47. The van der Waals surface area contributed by atoms with E-state index < -0.39 is 30.7 Å². The van der Waals surface area contributed by atoms with Gasteiger partial charge >= 0.3 is 5.97 Å². The molecule has 1 heterocycles. The Morgan fingerprint density at radius 2 is 1.35 bits per heavy atom. The molecule has 14 atom stereocenters. The fourth-order valence-corrected chi connectivity index (χ4v) is 14.0. The molecule has 0 amide bonds. The lowest BCUT2D eigenvalue weighted by Gasteiger charge is -2.58. The summed E-state index contributed by atoms with van der Waals surface area (Å²) in [5.74, 6) is 5.24.